The van der Waals surface area contributed by atoms with Crippen molar-refractivity contribution in [3.63, 3.8) is 0 Å². The Morgan fingerprint density at radius 3 is 1.65 bits per heavy atom. The average molecular weight is 1210 g/mol. The van der Waals surface area contributed by atoms with Crippen molar-refractivity contribution < 1.29 is 58.3 Å². The Kier molecular flexibility index (Phi) is 19.8. The number of pyridine rings is 1. The summed E-state index contributed by atoms with van der Waals surface area (Å²) in [6.45, 7) is 6.56. The summed E-state index contributed by atoms with van der Waals surface area (Å²) >= 11 is 8.53. The standard InChI is InChI=1S/C50H52ClN11O13S5/c1-28-21-39(58-61-47-31(4)46(48(52)63)49-53-38-24-34(74-5)13-14-42(38)62(49)50(47)64)43(75-15-6-18-78(65,66)67)25-35(28)56-59-40-23-30(3)37(27-45(40)77-17-8-20-80(71,72)73)57-60-41-22-29(2)36(55-54-33-11-9-32(51)10-12-33)26-44(41)76-16-7-19-79(68,69)70/h9-14,21-27,64H,6-8,15-20H2,1-5H3,(H2,52,63)(H,65,66,67)(H,68,69,70)(H,71,72,73). The summed E-state index contributed by atoms with van der Waals surface area (Å²) in [4.78, 5) is 18.5. The Hall–Kier alpha value is -6.96. The van der Waals surface area contributed by atoms with Crippen LogP contribution in [0.3, 0.4) is 0 Å². The quantitative estimate of drug-likeness (QED) is 0.0154. The van der Waals surface area contributed by atoms with Gasteiger partial charge < -0.3 is 20.3 Å². The van der Waals surface area contributed by atoms with Gasteiger partial charge in [-0.1, -0.05) is 11.6 Å². The number of fused-ring (bicyclic) bond motifs is 3. The van der Waals surface area contributed by atoms with Crippen LogP contribution in [0.15, 0.2) is 130 Å². The molecule has 0 aliphatic carbocycles. The minimum absolute atomic E-state index is 0.0317. The minimum atomic E-state index is -4.34. The summed E-state index contributed by atoms with van der Waals surface area (Å²) < 4.78 is 110. The van der Waals surface area contributed by atoms with E-state index < -0.39 is 59.4 Å². The van der Waals surface area contributed by atoms with Crippen LogP contribution < -0.4 is 15.2 Å². The van der Waals surface area contributed by atoms with E-state index in [4.69, 9.17) is 26.8 Å². The number of methoxy groups -OCH3 is 1. The van der Waals surface area contributed by atoms with E-state index in [0.29, 0.717) is 76.7 Å². The Morgan fingerprint density at radius 2 is 1.12 bits per heavy atom. The monoisotopic (exact) mass is 1210 g/mol. The topological polar surface area (TPSA) is 361 Å². The molecular formula is C50H52ClN11O13S5. The van der Waals surface area contributed by atoms with Crippen LogP contribution in [0.2, 0.25) is 5.02 Å². The number of carbonyl (C=O) groups excluding carboxylic acids is 1. The van der Waals surface area contributed by atoms with Crippen LogP contribution in [0.25, 0.3) is 16.7 Å². The number of nitrogens with two attached hydrogens (primary N) is 1. The predicted octanol–water partition coefficient (Wildman–Crippen LogP) is 13.2. The molecule has 5 aromatic carbocycles. The Labute approximate surface area is 473 Å². The molecule has 0 atom stereocenters. The van der Waals surface area contributed by atoms with Crippen molar-refractivity contribution >= 4 is 134 Å². The highest BCUT2D eigenvalue weighted by Gasteiger charge is 2.24. The number of carbonyl (C=O) groups is 1. The number of ether oxygens (including phenoxy) is 2. The van der Waals surface area contributed by atoms with Gasteiger partial charge in [0.05, 0.1) is 81.7 Å². The first-order valence-electron chi connectivity index (χ1n) is 23.9. The van der Waals surface area contributed by atoms with Gasteiger partial charge in [0.15, 0.2) is 5.65 Å². The maximum atomic E-state index is 12.9. The maximum Gasteiger partial charge on any atom is 0.264 e. The number of rotatable bonds is 25. The summed E-state index contributed by atoms with van der Waals surface area (Å²) in [5.41, 5.74) is 11.0. The number of aryl methyl sites for hydroxylation is 3. The number of thioether (sulfide) groups is 2. The molecule has 0 saturated heterocycles. The number of halogens is 1. The zero-order valence-corrected chi connectivity index (χ0v) is 48.1. The second-order valence-corrected chi connectivity index (χ2v) is 25.1. The Morgan fingerprint density at radius 1 is 0.637 bits per heavy atom. The number of amides is 1. The largest absolute Gasteiger partial charge is 0.497 e. The average Bonchev–Trinajstić information content (AvgIpc) is 3.75. The minimum Gasteiger partial charge on any atom is -0.497 e. The molecule has 2 heterocycles. The number of aromatic hydroxyl groups is 1. The number of imidazole rings is 1. The van der Waals surface area contributed by atoms with Gasteiger partial charge in [-0.25, -0.2) is 4.98 Å². The molecule has 6 N–H and O–H groups in total. The normalized spacial score (nSPS) is 12.6. The van der Waals surface area contributed by atoms with Gasteiger partial charge in [-0.05, 0) is 147 Å². The molecule has 0 radical (unpaired) electrons. The number of hydrogen-bond acceptors (Lipinski definition) is 21. The third-order valence-corrected chi connectivity index (χ3v) is 16.5. The van der Waals surface area contributed by atoms with Crippen molar-refractivity contribution in [2.75, 3.05) is 42.5 Å². The third-order valence-electron chi connectivity index (χ3n) is 11.6. The maximum absolute atomic E-state index is 12.9. The summed E-state index contributed by atoms with van der Waals surface area (Å²) in [6, 6.07) is 21.6. The van der Waals surface area contributed by atoms with E-state index in [0.717, 1.165) is 0 Å². The first kappa shape index (κ1) is 60.7. The second kappa shape index (κ2) is 26.1. The number of aromatic nitrogens is 2. The number of nitrogens with zero attached hydrogens (tertiary/aromatic N) is 10. The lowest BCUT2D eigenvalue weighted by Crippen LogP contribution is -2.15. The van der Waals surface area contributed by atoms with E-state index in [1.807, 2.05) is 6.92 Å². The van der Waals surface area contributed by atoms with E-state index in [1.165, 1.54) is 48.0 Å². The van der Waals surface area contributed by atoms with Crippen molar-refractivity contribution in [2.24, 2.45) is 46.6 Å². The lowest BCUT2D eigenvalue weighted by Gasteiger charge is -2.13. The molecular weight excluding hydrogens is 1160 g/mol. The van der Waals surface area contributed by atoms with Gasteiger partial charge in [-0.3, -0.25) is 22.9 Å². The summed E-state index contributed by atoms with van der Waals surface area (Å²) in [6.07, 6.45) is 0.0756. The fourth-order valence-electron chi connectivity index (χ4n) is 7.64. The van der Waals surface area contributed by atoms with Gasteiger partial charge in [0, 0.05) is 26.9 Å². The molecule has 7 aromatic rings. The van der Waals surface area contributed by atoms with Crippen LogP contribution in [-0.2, 0) is 30.4 Å². The van der Waals surface area contributed by atoms with Gasteiger partial charge in [0.25, 0.3) is 36.3 Å². The lowest BCUT2D eigenvalue weighted by molar-refractivity contribution is 0.100. The first-order chi connectivity index (χ1) is 37.8. The predicted molar refractivity (Wildman–Crippen MR) is 306 cm³/mol. The fourth-order valence-corrected chi connectivity index (χ4v) is 11.5. The Bertz CT molecular complexity index is 3990. The van der Waals surface area contributed by atoms with Gasteiger partial charge >= 0.3 is 0 Å². The molecule has 0 bridgehead atoms. The number of primary amides is 1. The smallest absolute Gasteiger partial charge is 0.264 e. The van der Waals surface area contributed by atoms with Crippen molar-refractivity contribution in [1.29, 1.82) is 0 Å². The van der Waals surface area contributed by atoms with Crippen LogP contribution in [-0.4, -0.2) is 102 Å². The molecule has 0 aliphatic heterocycles. The van der Waals surface area contributed by atoms with Gasteiger partial charge in [0.2, 0.25) is 5.88 Å². The van der Waals surface area contributed by atoms with Crippen LogP contribution in [0.5, 0.6) is 17.4 Å². The zero-order valence-electron chi connectivity index (χ0n) is 43.3. The number of benzene rings is 5. The highest BCUT2D eigenvalue weighted by atomic mass is 35.5. The van der Waals surface area contributed by atoms with E-state index >= 15 is 0 Å². The molecule has 80 heavy (non-hydrogen) atoms. The lowest BCUT2D eigenvalue weighted by atomic mass is 10.1. The second-order valence-electron chi connectivity index (χ2n) is 17.7. The highest BCUT2D eigenvalue weighted by Crippen LogP contribution is 2.44. The van der Waals surface area contributed by atoms with Gasteiger partial charge in [-0.15, -0.1) is 44.0 Å². The van der Waals surface area contributed by atoms with Crippen LogP contribution in [0.4, 0.5) is 45.5 Å². The van der Waals surface area contributed by atoms with Gasteiger partial charge in [-0.2, -0.15) is 45.7 Å². The van der Waals surface area contributed by atoms with E-state index in [9.17, 15) is 48.8 Å². The zero-order chi connectivity index (χ0) is 58.1. The third kappa shape index (κ3) is 16.3. The molecule has 0 spiro atoms. The molecule has 30 heteroatoms. The molecule has 0 saturated carbocycles. The molecule has 0 fully saturated rings. The fraction of sp³-hybridized carbons (Fsp3) is 0.280. The Balaban J connectivity index is 1.25. The molecule has 2 aromatic heterocycles. The molecule has 422 valence electrons. The summed E-state index contributed by atoms with van der Waals surface area (Å²) in [5.74, 6) is -1.80. The van der Waals surface area contributed by atoms with Crippen LogP contribution >= 0.6 is 35.1 Å². The molecule has 0 unspecified atom stereocenters. The molecule has 0 aliphatic rings. The van der Waals surface area contributed by atoms with Crippen LogP contribution in [0, 0.1) is 27.7 Å². The number of hydrogen-bond donors (Lipinski definition) is 5. The SMILES string of the molecule is COc1ccc2c(c1)nc1c(C(N)=O)c(C)c(N=Nc3cc(C)c(N=Nc4cc(C)c(N=Nc5cc(C)c(N=Nc6ccc(Cl)cc6)cc5SCCCS(=O)(=O)O)cc4SCCCS(=O)(=O)O)cc3OCCCS(=O)(=O)O)c(O)n12. The van der Waals surface area contributed by atoms with Crippen molar-refractivity contribution in [2.45, 2.75) is 56.7 Å². The van der Waals surface area contributed by atoms with E-state index in [-0.39, 0.29) is 77.0 Å². The van der Waals surface area contributed by atoms with Crippen molar-refractivity contribution in [3.8, 4) is 17.4 Å². The number of azo groups is 4. The van der Waals surface area contributed by atoms with Gasteiger partial charge in [0.1, 0.15) is 22.9 Å². The molecule has 24 nitrogen and oxygen atoms in total. The highest BCUT2D eigenvalue weighted by molar-refractivity contribution is 7.99. The molecule has 7 rings (SSSR count). The van der Waals surface area contributed by atoms with E-state index in [2.05, 4.69) is 45.9 Å². The first-order valence-corrected chi connectivity index (χ1v) is 31.1. The summed E-state index contributed by atoms with van der Waals surface area (Å²) in [7, 11) is -11.3. The van der Waals surface area contributed by atoms with Crippen molar-refractivity contribution in [1.82, 2.24) is 9.38 Å². The van der Waals surface area contributed by atoms with E-state index in [1.54, 1.807) is 86.6 Å². The van der Waals surface area contributed by atoms with Crippen LogP contribution in [0.1, 0.15) is 51.9 Å². The van der Waals surface area contributed by atoms with Crippen molar-refractivity contribution in [3.05, 3.63) is 112 Å². The summed E-state index contributed by atoms with van der Waals surface area (Å²) in [5, 5.41) is 48.1. The molecule has 1 amide bonds.